The van der Waals surface area contributed by atoms with Gasteiger partial charge in [0, 0.05) is 48.6 Å². The van der Waals surface area contributed by atoms with Gasteiger partial charge < -0.3 is 20.3 Å². The molecule has 0 radical (unpaired) electrons. The first-order valence-corrected chi connectivity index (χ1v) is 11.3. The summed E-state index contributed by atoms with van der Waals surface area (Å²) < 4.78 is 7.17. The van der Waals surface area contributed by atoms with E-state index >= 15 is 0 Å². The Morgan fingerprint density at radius 3 is 2.62 bits per heavy atom. The highest BCUT2D eigenvalue weighted by Gasteiger charge is 2.24. The first-order valence-electron chi connectivity index (χ1n) is 11.3. The molecule has 10 nitrogen and oxygen atoms in total. The van der Waals surface area contributed by atoms with Gasteiger partial charge in [0.2, 0.25) is 5.65 Å². The summed E-state index contributed by atoms with van der Waals surface area (Å²) in [4.78, 5) is 33.6. The van der Waals surface area contributed by atoms with Crippen molar-refractivity contribution in [3.8, 4) is 5.88 Å². The van der Waals surface area contributed by atoms with E-state index in [-0.39, 0.29) is 5.91 Å². The van der Waals surface area contributed by atoms with Gasteiger partial charge in [0.15, 0.2) is 5.82 Å². The quantitative estimate of drug-likeness (QED) is 0.478. The molecule has 0 spiro atoms. The molecule has 0 aliphatic carbocycles. The molecule has 1 aliphatic rings. The minimum Gasteiger partial charge on any atom is -0.478 e. The van der Waals surface area contributed by atoms with Crippen molar-refractivity contribution in [1.82, 2.24) is 29.7 Å². The van der Waals surface area contributed by atoms with Crippen molar-refractivity contribution in [3.05, 3.63) is 47.8 Å². The number of rotatable bonds is 4. The molecule has 3 aromatic heterocycles. The Kier molecular flexibility index (Phi) is 5.52. The van der Waals surface area contributed by atoms with Crippen LogP contribution in [0, 0.1) is 13.8 Å². The molecule has 176 valence electrons. The van der Waals surface area contributed by atoms with E-state index in [0.717, 1.165) is 29.9 Å². The fraction of sp³-hybridized carbons (Fsp3) is 0.375. The minimum atomic E-state index is -0.303. The number of hydrogen-bond donors (Lipinski definition) is 2. The SMILES string of the molecule is COc1nc(NC(=O)c2ccc(N3CC(C)NC(C)C3)c3cnc(C)nc23)cn2cc(C)nc12. The van der Waals surface area contributed by atoms with Crippen molar-refractivity contribution >= 4 is 34.0 Å². The lowest BCUT2D eigenvalue weighted by Gasteiger charge is -2.38. The first kappa shape index (κ1) is 22.0. The summed E-state index contributed by atoms with van der Waals surface area (Å²) in [7, 11) is 1.53. The van der Waals surface area contributed by atoms with Crippen LogP contribution in [0.25, 0.3) is 16.6 Å². The molecule has 0 bridgehead atoms. The highest BCUT2D eigenvalue weighted by Crippen LogP contribution is 2.30. The third-order valence-electron chi connectivity index (χ3n) is 5.95. The zero-order valence-electron chi connectivity index (χ0n) is 20.0. The van der Waals surface area contributed by atoms with Gasteiger partial charge in [-0.2, -0.15) is 4.98 Å². The van der Waals surface area contributed by atoms with Crippen LogP contribution in [0.4, 0.5) is 11.5 Å². The zero-order chi connectivity index (χ0) is 24.0. The Labute approximate surface area is 197 Å². The van der Waals surface area contributed by atoms with Crippen molar-refractivity contribution in [2.24, 2.45) is 0 Å². The normalized spacial score (nSPS) is 18.4. The Bertz CT molecular complexity index is 1390. The van der Waals surface area contributed by atoms with E-state index in [1.165, 1.54) is 7.11 Å². The Morgan fingerprint density at radius 1 is 1.12 bits per heavy atom. The standard InChI is InChI=1S/C24H28N8O2/c1-13-9-31(10-14(2)26-13)19-7-6-17(21-18(19)8-25-16(4)28-21)23(33)29-20-12-32-11-15(3)27-22(32)24(30-20)34-5/h6-8,11-14,26H,9-10H2,1-5H3,(H,29,33). The lowest BCUT2D eigenvalue weighted by Crippen LogP contribution is -2.54. The van der Waals surface area contributed by atoms with E-state index in [4.69, 9.17) is 4.74 Å². The summed E-state index contributed by atoms with van der Waals surface area (Å²) in [6.45, 7) is 9.80. The fourth-order valence-electron chi connectivity index (χ4n) is 4.65. The number of methoxy groups -OCH3 is 1. The van der Waals surface area contributed by atoms with Gasteiger partial charge in [0.05, 0.1) is 30.1 Å². The molecule has 5 rings (SSSR count). The summed E-state index contributed by atoms with van der Waals surface area (Å²) in [6.07, 6.45) is 5.38. The van der Waals surface area contributed by atoms with E-state index < -0.39 is 0 Å². The van der Waals surface area contributed by atoms with Crippen molar-refractivity contribution in [1.29, 1.82) is 0 Å². The molecule has 1 amide bonds. The molecule has 2 unspecified atom stereocenters. The van der Waals surface area contributed by atoms with Crippen molar-refractivity contribution in [2.75, 3.05) is 30.4 Å². The van der Waals surface area contributed by atoms with Crippen LogP contribution in [0.2, 0.25) is 0 Å². The summed E-state index contributed by atoms with van der Waals surface area (Å²) in [5.41, 5.74) is 3.53. The number of imidazole rings is 1. The Morgan fingerprint density at radius 2 is 1.88 bits per heavy atom. The maximum atomic E-state index is 13.4. The molecule has 10 heteroatoms. The van der Waals surface area contributed by atoms with Crippen molar-refractivity contribution in [3.63, 3.8) is 0 Å². The largest absolute Gasteiger partial charge is 0.478 e. The van der Waals surface area contributed by atoms with Crippen LogP contribution in [0.1, 0.15) is 35.7 Å². The number of carbonyl (C=O) groups excluding carboxylic acids is 1. The van der Waals surface area contributed by atoms with Crippen LogP contribution in [0.3, 0.4) is 0 Å². The molecule has 4 heterocycles. The van der Waals surface area contributed by atoms with Crippen LogP contribution in [-0.2, 0) is 0 Å². The van der Waals surface area contributed by atoms with Crippen LogP contribution in [0.5, 0.6) is 5.88 Å². The Hall–Kier alpha value is -3.79. The molecule has 2 atom stereocenters. The van der Waals surface area contributed by atoms with E-state index in [0.29, 0.717) is 46.3 Å². The van der Waals surface area contributed by atoms with Gasteiger partial charge in [-0.15, -0.1) is 0 Å². The number of carbonyl (C=O) groups is 1. The fourth-order valence-corrected chi connectivity index (χ4v) is 4.65. The van der Waals surface area contributed by atoms with E-state index in [9.17, 15) is 4.79 Å². The first-order chi connectivity index (χ1) is 16.3. The molecule has 1 aliphatic heterocycles. The van der Waals surface area contributed by atoms with Crippen LogP contribution in [0.15, 0.2) is 30.7 Å². The van der Waals surface area contributed by atoms with Crippen molar-refractivity contribution in [2.45, 2.75) is 39.8 Å². The predicted octanol–water partition coefficient (Wildman–Crippen LogP) is 2.74. The second kappa shape index (κ2) is 8.53. The molecular weight excluding hydrogens is 432 g/mol. The molecule has 34 heavy (non-hydrogen) atoms. The molecule has 2 N–H and O–H groups in total. The smallest absolute Gasteiger partial charge is 0.260 e. The lowest BCUT2D eigenvalue weighted by molar-refractivity contribution is 0.102. The van der Waals surface area contributed by atoms with E-state index in [1.54, 1.807) is 10.6 Å². The van der Waals surface area contributed by atoms with Crippen LogP contribution < -0.4 is 20.3 Å². The number of aromatic nitrogens is 5. The zero-order valence-corrected chi connectivity index (χ0v) is 20.0. The number of nitrogens with one attached hydrogen (secondary N) is 2. The average Bonchev–Trinajstić information content (AvgIpc) is 3.16. The number of aryl methyl sites for hydroxylation is 2. The summed E-state index contributed by atoms with van der Waals surface area (Å²) >= 11 is 0. The third-order valence-corrected chi connectivity index (χ3v) is 5.95. The molecule has 1 fully saturated rings. The summed E-state index contributed by atoms with van der Waals surface area (Å²) in [5.74, 6) is 1.00. The maximum Gasteiger partial charge on any atom is 0.260 e. The molecule has 0 saturated carbocycles. The van der Waals surface area contributed by atoms with Crippen LogP contribution in [-0.4, -0.2) is 62.5 Å². The molecular formula is C24H28N8O2. The molecule has 1 aromatic carbocycles. The van der Waals surface area contributed by atoms with Gasteiger partial charge in [0.1, 0.15) is 5.82 Å². The van der Waals surface area contributed by atoms with Gasteiger partial charge >= 0.3 is 0 Å². The number of fused-ring (bicyclic) bond motifs is 2. The maximum absolute atomic E-state index is 13.4. The number of benzene rings is 1. The topological polar surface area (TPSA) is 110 Å². The second-order valence-electron chi connectivity index (χ2n) is 8.89. The lowest BCUT2D eigenvalue weighted by atomic mass is 10.0. The number of anilines is 2. The van der Waals surface area contributed by atoms with Gasteiger partial charge in [-0.05, 0) is 39.8 Å². The molecule has 4 aromatic rings. The van der Waals surface area contributed by atoms with Gasteiger partial charge in [-0.25, -0.2) is 15.0 Å². The number of piperazine rings is 1. The predicted molar refractivity (Wildman–Crippen MR) is 131 cm³/mol. The van der Waals surface area contributed by atoms with Gasteiger partial charge in [-0.3, -0.25) is 9.20 Å². The minimum absolute atomic E-state index is 0.303. The van der Waals surface area contributed by atoms with Gasteiger partial charge in [-0.1, -0.05) is 0 Å². The van der Waals surface area contributed by atoms with Gasteiger partial charge in [0.25, 0.3) is 11.8 Å². The number of hydrogen-bond acceptors (Lipinski definition) is 8. The summed E-state index contributed by atoms with van der Waals surface area (Å²) in [6, 6.07) is 4.53. The summed E-state index contributed by atoms with van der Waals surface area (Å²) in [5, 5.41) is 7.30. The number of nitrogens with zero attached hydrogens (tertiary/aromatic N) is 6. The second-order valence-corrected chi connectivity index (χ2v) is 8.89. The highest BCUT2D eigenvalue weighted by atomic mass is 16.5. The van der Waals surface area contributed by atoms with E-state index in [1.807, 2.05) is 38.4 Å². The number of ether oxygens (including phenoxy) is 1. The highest BCUT2D eigenvalue weighted by molar-refractivity contribution is 6.13. The number of amides is 1. The third kappa shape index (κ3) is 4.01. The molecule has 1 saturated heterocycles. The Balaban J connectivity index is 1.53. The van der Waals surface area contributed by atoms with E-state index in [2.05, 4.69) is 49.3 Å². The van der Waals surface area contributed by atoms with Crippen LogP contribution >= 0.6 is 0 Å². The average molecular weight is 461 g/mol. The van der Waals surface area contributed by atoms with Crippen molar-refractivity contribution < 1.29 is 9.53 Å². The monoisotopic (exact) mass is 460 g/mol.